The Hall–Kier alpha value is -0.120. The van der Waals surface area contributed by atoms with Gasteiger partial charge < -0.3 is 14.8 Å². The van der Waals surface area contributed by atoms with Crippen molar-refractivity contribution >= 4 is 0 Å². The maximum Gasteiger partial charge on any atom is 0.0644 e. The van der Waals surface area contributed by atoms with E-state index in [1.807, 2.05) is 0 Å². The molecule has 2 atom stereocenters. The average Bonchev–Trinajstić information content (AvgIpc) is 2.35. The van der Waals surface area contributed by atoms with Crippen LogP contribution >= 0.6 is 0 Å². The lowest BCUT2D eigenvalue weighted by molar-refractivity contribution is -0.00968. The van der Waals surface area contributed by atoms with E-state index < -0.39 is 0 Å². The van der Waals surface area contributed by atoms with Gasteiger partial charge in [-0.05, 0) is 39.0 Å². The number of hydrogen-bond acceptors (Lipinski definition) is 3. The molecule has 0 aliphatic heterocycles. The fourth-order valence-corrected chi connectivity index (χ4v) is 2.46. The summed E-state index contributed by atoms with van der Waals surface area (Å²) in [5.41, 5.74) is -0.0642. The molecule has 18 heavy (non-hydrogen) atoms. The summed E-state index contributed by atoms with van der Waals surface area (Å²) in [6.45, 7) is 9.11. The molecule has 0 spiro atoms. The van der Waals surface area contributed by atoms with E-state index in [2.05, 4.69) is 26.1 Å². The molecule has 0 radical (unpaired) electrons. The van der Waals surface area contributed by atoms with Gasteiger partial charge >= 0.3 is 0 Å². The summed E-state index contributed by atoms with van der Waals surface area (Å²) in [6, 6.07) is 0.706. The van der Waals surface area contributed by atoms with Crippen molar-refractivity contribution in [3.05, 3.63) is 0 Å². The highest BCUT2D eigenvalue weighted by Crippen LogP contribution is 2.23. The molecule has 0 aromatic rings. The first kappa shape index (κ1) is 15.9. The number of nitrogens with one attached hydrogen (secondary N) is 1. The van der Waals surface area contributed by atoms with E-state index in [4.69, 9.17) is 9.47 Å². The number of rotatable bonds is 8. The predicted molar refractivity (Wildman–Crippen MR) is 75.9 cm³/mol. The smallest absolute Gasteiger partial charge is 0.0644 e. The zero-order valence-electron chi connectivity index (χ0n) is 12.6. The van der Waals surface area contributed by atoms with E-state index in [-0.39, 0.29) is 5.60 Å². The van der Waals surface area contributed by atoms with Gasteiger partial charge in [-0.15, -0.1) is 0 Å². The molecule has 1 rings (SSSR count). The minimum atomic E-state index is -0.0642. The number of hydrogen-bond donors (Lipinski definition) is 1. The molecular weight excluding hydrogens is 226 g/mol. The molecule has 1 fully saturated rings. The van der Waals surface area contributed by atoms with Crippen LogP contribution in [0.2, 0.25) is 0 Å². The fourth-order valence-electron chi connectivity index (χ4n) is 2.46. The highest BCUT2D eigenvalue weighted by Gasteiger charge is 2.20. The Morgan fingerprint density at radius 3 is 2.56 bits per heavy atom. The van der Waals surface area contributed by atoms with E-state index in [1.54, 1.807) is 7.11 Å². The zero-order chi connectivity index (χ0) is 13.4. The predicted octanol–water partition coefficient (Wildman–Crippen LogP) is 2.99. The van der Waals surface area contributed by atoms with E-state index in [0.29, 0.717) is 6.04 Å². The van der Waals surface area contributed by atoms with Gasteiger partial charge in [-0.1, -0.05) is 19.8 Å². The molecule has 0 aromatic carbocycles. The number of ether oxygens (including phenoxy) is 2. The third-order valence-electron chi connectivity index (χ3n) is 4.17. The Morgan fingerprint density at radius 2 is 1.89 bits per heavy atom. The maximum atomic E-state index is 5.66. The largest absolute Gasteiger partial charge is 0.380 e. The summed E-state index contributed by atoms with van der Waals surface area (Å²) in [4.78, 5) is 0. The average molecular weight is 257 g/mol. The van der Waals surface area contributed by atoms with Crippen molar-refractivity contribution in [3.8, 4) is 0 Å². The van der Waals surface area contributed by atoms with Crippen LogP contribution in [0, 0.1) is 5.92 Å². The minimum Gasteiger partial charge on any atom is -0.380 e. The SMILES string of the molecule is COC(C)(C)CCOCCNC1CCCCC1C. The lowest BCUT2D eigenvalue weighted by Gasteiger charge is -2.29. The summed E-state index contributed by atoms with van der Waals surface area (Å²) in [6.07, 6.45) is 6.44. The molecule has 0 aromatic heterocycles. The van der Waals surface area contributed by atoms with Crippen molar-refractivity contribution in [2.24, 2.45) is 5.92 Å². The van der Waals surface area contributed by atoms with Gasteiger partial charge in [0.25, 0.3) is 0 Å². The summed E-state index contributed by atoms with van der Waals surface area (Å²) in [5.74, 6) is 0.825. The van der Waals surface area contributed by atoms with Gasteiger partial charge in [-0.25, -0.2) is 0 Å². The lowest BCUT2D eigenvalue weighted by atomic mass is 9.86. The molecule has 108 valence electrons. The van der Waals surface area contributed by atoms with Gasteiger partial charge in [-0.2, -0.15) is 0 Å². The Bertz CT molecular complexity index is 219. The summed E-state index contributed by atoms with van der Waals surface area (Å²) in [7, 11) is 1.76. The second-order valence-electron chi connectivity index (χ2n) is 6.15. The van der Waals surface area contributed by atoms with Crippen molar-refractivity contribution in [1.29, 1.82) is 0 Å². The van der Waals surface area contributed by atoms with E-state index in [1.165, 1.54) is 25.7 Å². The molecule has 0 saturated heterocycles. The van der Waals surface area contributed by atoms with Crippen molar-refractivity contribution in [2.75, 3.05) is 26.9 Å². The molecule has 2 unspecified atom stereocenters. The van der Waals surface area contributed by atoms with E-state index in [9.17, 15) is 0 Å². The lowest BCUT2D eigenvalue weighted by Crippen LogP contribution is -2.39. The van der Waals surface area contributed by atoms with Gasteiger partial charge in [0.2, 0.25) is 0 Å². The zero-order valence-corrected chi connectivity index (χ0v) is 12.6. The third-order valence-corrected chi connectivity index (χ3v) is 4.17. The molecule has 3 heteroatoms. The summed E-state index contributed by atoms with van der Waals surface area (Å²) >= 11 is 0. The Morgan fingerprint density at radius 1 is 1.17 bits per heavy atom. The molecule has 0 heterocycles. The first-order chi connectivity index (χ1) is 8.55. The molecule has 1 aliphatic carbocycles. The van der Waals surface area contributed by atoms with Gasteiger partial charge in [0.1, 0.15) is 0 Å². The van der Waals surface area contributed by atoms with E-state index >= 15 is 0 Å². The normalized spacial score (nSPS) is 25.3. The van der Waals surface area contributed by atoms with Gasteiger partial charge in [0.05, 0.1) is 12.2 Å². The topological polar surface area (TPSA) is 30.5 Å². The van der Waals surface area contributed by atoms with Crippen LogP contribution in [0.3, 0.4) is 0 Å². The summed E-state index contributed by atoms with van der Waals surface area (Å²) < 4.78 is 11.0. The fraction of sp³-hybridized carbons (Fsp3) is 1.00. The van der Waals surface area contributed by atoms with Crippen LogP contribution in [0.4, 0.5) is 0 Å². The van der Waals surface area contributed by atoms with Crippen molar-refractivity contribution < 1.29 is 9.47 Å². The molecule has 0 bridgehead atoms. The quantitative estimate of drug-likeness (QED) is 0.678. The van der Waals surface area contributed by atoms with Crippen molar-refractivity contribution in [2.45, 2.75) is 64.5 Å². The Kier molecular flexibility index (Phi) is 7.20. The first-order valence-corrected chi connectivity index (χ1v) is 7.41. The van der Waals surface area contributed by atoms with Crippen LogP contribution < -0.4 is 5.32 Å². The molecule has 0 amide bonds. The van der Waals surface area contributed by atoms with Crippen molar-refractivity contribution in [3.63, 3.8) is 0 Å². The standard InChI is InChI=1S/C15H31NO2/c1-13-7-5-6-8-14(13)16-10-12-18-11-9-15(2,3)17-4/h13-14,16H,5-12H2,1-4H3. The Balaban J connectivity index is 1.98. The van der Waals surface area contributed by atoms with Crippen LogP contribution in [0.25, 0.3) is 0 Å². The van der Waals surface area contributed by atoms with Gasteiger partial charge in [-0.3, -0.25) is 0 Å². The molecule has 3 nitrogen and oxygen atoms in total. The molecule has 1 aliphatic rings. The van der Waals surface area contributed by atoms with Crippen LogP contribution in [-0.4, -0.2) is 38.5 Å². The van der Waals surface area contributed by atoms with Crippen LogP contribution in [0.1, 0.15) is 52.9 Å². The van der Waals surface area contributed by atoms with Crippen molar-refractivity contribution in [1.82, 2.24) is 5.32 Å². The van der Waals surface area contributed by atoms with Crippen LogP contribution in [0.5, 0.6) is 0 Å². The highest BCUT2D eigenvalue weighted by atomic mass is 16.5. The highest BCUT2D eigenvalue weighted by molar-refractivity contribution is 4.77. The first-order valence-electron chi connectivity index (χ1n) is 7.41. The second kappa shape index (κ2) is 8.13. The number of methoxy groups -OCH3 is 1. The summed E-state index contributed by atoms with van der Waals surface area (Å²) in [5, 5.41) is 3.63. The monoisotopic (exact) mass is 257 g/mol. The van der Waals surface area contributed by atoms with Crippen LogP contribution in [0.15, 0.2) is 0 Å². The molecule has 1 saturated carbocycles. The van der Waals surface area contributed by atoms with Crippen LogP contribution in [-0.2, 0) is 9.47 Å². The molecule has 1 N–H and O–H groups in total. The van der Waals surface area contributed by atoms with Gasteiger partial charge in [0, 0.05) is 26.3 Å². The maximum absolute atomic E-state index is 5.66. The van der Waals surface area contributed by atoms with Gasteiger partial charge in [0.15, 0.2) is 0 Å². The third kappa shape index (κ3) is 6.17. The van der Waals surface area contributed by atoms with E-state index in [0.717, 1.165) is 32.1 Å². The Labute approximate surface area is 113 Å². The molecular formula is C15H31NO2. The minimum absolute atomic E-state index is 0.0642. The second-order valence-corrected chi connectivity index (χ2v) is 6.15.